The number of fused-ring (bicyclic) bond motifs is 20. The number of rotatable bonds is 48. The maximum Gasteiger partial charge on any atom is 0.170 e. The molecule has 0 unspecified atom stereocenters. The number of aryl methyl sites for hydroxylation is 8. The van der Waals surface area contributed by atoms with Crippen LogP contribution < -0.4 is 37.9 Å². The zero-order chi connectivity index (χ0) is 93.3. The number of nitrogens with zero attached hydrogens (tertiary/aromatic N) is 6. The predicted octanol–water partition coefficient (Wildman–Crippen LogP) is 35.1. The maximum atomic E-state index is 7.17. The highest BCUT2D eigenvalue weighted by atomic mass is 16.5. The van der Waals surface area contributed by atoms with Crippen LogP contribution in [0, 0.1) is 0 Å². The van der Waals surface area contributed by atoms with E-state index in [4.69, 9.17) is 67.8 Å². The van der Waals surface area contributed by atoms with Crippen LogP contribution in [0.15, 0.2) is 243 Å². The molecule has 2 aliphatic rings. The van der Waals surface area contributed by atoms with Gasteiger partial charge in [-0.3, -0.25) is 0 Å². The molecular weight excluding hydrogens is 1680 g/mol. The molecule has 12 aromatic carbocycles. The molecule has 0 saturated carbocycles. The quantitative estimate of drug-likeness (QED) is 0.0344. The summed E-state index contributed by atoms with van der Waals surface area (Å²) in [7, 11) is 0. The number of aromatic nitrogens is 8. The van der Waals surface area contributed by atoms with Crippen LogP contribution in [0.1, 0.15) is 254 Å². The number of hydrogen-bond donors (Lipinski definition) is 2. The lowest BCUT2D eigenvalue weighted by molar-refractivity contribution is 0.419. The smallest absolute Gasteiger partial charge is 0.170 e. The molecule has 0 spiro atoms. The summed E-state index contributed by atoms with van der Waals surface area (Å²) in [5, 5.41) is 2.58. The Bertz CT molecular complexity index is 5880. The molecule has 16 nitrogen and oxygen atoms in total. The Morgan fingerprint density at radius 3 is 0.449 bits per heavy atom. The van der Waals surface area contributed by atoms with Gasteiger partial charge in [-0.1, -0.05) is 255 Å². The summed E-state index contributed by atoms with van der Waals surface area (Å²) in [6, 6.07) is 83.1. The molecule has 16 heteroatoms. The van der Waals surface area contributed by atoms with Crippen LogP contribution in [0.25, 0.3) is 89.7 Å². The van der Waals surface area contributed by atoms with Gasteiger partial charge in [0.1, 0.15) is 68.6 Å². The minimum absolute atomic E-state index is 0.318. The average molecular weight is 1810 g/mol. The first kappa shape index (κ1) is 94.2. The fourth-order valence-electron chi connectivity index (χ4n) is 17.9. The first-order valence-corrected chi connectivity index (χ1v) is 50.6. The fourth-order valence-corrected chi connectivity index (χ4v) is 17.9. The van der Waals surface area contributed by atoms with Gasteiger partial charge in [-0.15, -0.1) is 0 Å². The topological polar surface area (TPSA) is 183 Å². The van der Waals surface area contributed by atoms with E-state index in [2.05, 4.69) is 162 Å². The second-order valence-electron chi connectivity index (χ2n) is 36.6. The zero-order valence-electron chi connectivity index (χ0n) is 80.7. The van der Waals surface area contributed by atoms with Crippen LogP contribution in [-0.4, -0.2) is 39.9 Å². The van der Waals surface area contributed by atoms with Crippen LogP contribution in [0.4, 0.5) is 0 Å². The Kier molecular flexibility index (Phi) is 32.2. The van der Waals surface area contributed by atoms with Crippen molar-refractivity contribution in [1.29, 1.82) is 0 Å². The second kappa shape index (κ2) is 46.6. The van der Waals surface area contributed by atoms with Crippen molar-refractivity contribution in [3.63, 3.8) is 0 Å². The van der Waals surface area contributed by atoms with E-state index in [-0.39, 0.29) is 0 Å². The molecule has 0 amide bonds. The van der Waals surface area contributed by atoms with Crippen molar-refractivity contribution >= 4 is 44.1 Å². The van der Waals surface area contributed by atoms with E-state index in [9.17, 15) is 0 Å². The second-order valence-corrected chi connectivity index (χ2v) is 36.6. The first-order chi connectivity index (χ1) is 66.9. The third kappa shape index (κ3) is 24.2. The molecule has 0 radical (unpaired) electrons. The van der Waals surface area contributed by atoms with Crippen LogP contribution >= 0.6 is 0 Å². The van der Waals surface area contributed by atoms with Crippen molar-refractivity contribution in [3.05, 3.63) is 287 Å². The molecule has 136 heavy (non-hydrogen) atoms. The minimum atomic E-state index is 0.318. The Morgan fingerprint density at radius 2 is 0.309 bits per heavy atom. The summed E-state index contributed by atoms with van der Waals surface area (Å²) in [6.07, 6.45) is 34.9. The van der Waals surface area contributed by atoms with Gasteiger partial charge in [-0.25, -0.2) is 29.9 Å². The summed E-state index contributed by atoms with van der Waals surface area (Å²) < 4.78 is 57.3. The fraction of sp³-hybridized carbons (Fsp3) is 0.333. The van der Waals surface area contributed by atoms with E-state index in [1.807, 2.05) is 146 Å². The summed E-state index contributed by atoms with van der Waals surface area (Å²) in [6.45, 7) is 17.9. The molecule has 15 aromatic rings. The Morgan fingerprint density at radius 1 is 0.169 bits per heavy atom. The third-order valence-electron chi connectivity index (χ3n) is 25.8. The van der Waals surface area contributed by atoms with Crippen molar-refractivity contribution in [2.75, 3.05) is 0 Å². The molecule has 0 aliphatic carbocycles. The minimum Gasteiger partial charge on any atom is -0.453 e. The summed E-state index contributed by atoms with van der Waals surface area (Å²) in [4.78, 5) is 42.0. The number of ether oxygens (including phenoxy) is 8. The van der Waals surface area contributed by atoms with E-state index < -0.39 is 0 Å². The van der Waals surface area contributed by atoms with Crippen molar-refractivity contribution in [2.45, 2.75) is 261 Å². The summed E-state index contributed by atoms with van der Waals surface area (Å²) in [5.74, 6) is 9.88. The molecule has 17 rings (SSSR count). The first-order valence-electron chi connectivity index (χ1n) is 50.6. The van der Waals surface area contributed by atoms with Gasteiger partial charge in [0.05, 0.1) is 0 Å². The number of aromatic amines is 2. The van der Waals surface area contributed by atoms with E-state index >= 15 is 0 Å². The standard InChI is InChI=1S/C120H130N8O8/c1-9-17-25-33-81-41-57-89(58-42-81)129-105-73-97-98(74-106(105)130-90-59-43-82(44-60-90)34-26-18-10-2)114-121-113(97)125-115-99-75-107(131-91-61-45-83(46-62-91)35-27-19-11-3)108(132-92-63-47-84(48-64-92)36-28-20-12-4)76-100(99)117(122-115)127-119-103-79-111(135-95-69-53-87(54-70-95)39-31-23-15-7)112(136-96-71-55-88(56-72-96)40-32-24-16-8)80-104(103)120(124-119)128-118-102-78-110(134-94-67-51-86(52-68-94)38-30-22-14-6)109(77-101(102)116(123-118)126-114)133-93-65-49-85(50-66-93)37-29-21-13-5/h41-80H,9-40H2,1-8H3,(H2,121,122,123,124,125,126,127,128). The lowest BCUT2D eigenvalue weighted by Gasteiger charge is -2.15. The van der Waals surface area contributed by atoms with Crippen molar-refractivity contribution in [1.82, 2.24) is 39.9 Å². The number of H-pyrrole nitrogens is 2. The molecule has 0 fully saturated rings. The van der Waals surface area contributed by atoms with Crippen LogP contribution in [0.2, 0.25) is 0 Å². The monoisotopic (exact) mass is 1810 g/mol. The van der Waals surface area contributed by atoms with Gasteiger partial charge in [0.25, 0.3) is 0 Å². The van der Waals surface area contributed by atoms with Gasteiger partial charge in [0.2, 0.25) is 0 Å². The maximum absolute atomic E-state index is 7.17. The van der Waals surface area contributed by atoms with E-state index in [0.29, 0.717) is 182 Å². The molecular formula is C120H130N8O8. The highest BCUT2D eigenvalue weighted by molar-refractivity contribution is 6.08. The number of hydrogen-bond acceptors (Lipinski definition) is 14. The predicted molar refractivity (Wildman–Crippen MR) is 554 cm³/mol. The van der Waals surface area contributed by atoms with Crippen molar-refractivity contribution in [3.8, 4) is 138 Å². The van der Waals surface area contributed by atoms with E-state index in [0.717, 1.165) is 205 Å². The molecule has 2 aliphatic heterocycles. The van der Waals surface area contributed by atoms with Crippen LogP contribution in [-0.2, 0) is 51.4 Å². The lowest BCUT2D eigenvalue weighted by Crippen LogP contribution is -1.94. The van der Waals surface area contributed by atoms with E-state index in [1.54, 1.807) is 0 Å². The molecule has 2 N–H and O–H groups in total. The Hall–Kier alpha value is -13.6. The molecule has 0 atom stereocenters. The molecule has 8 bridgehead atoms. The van der Waals surface area contributed by atoms with Gasteiger partial charge >= 0.3 is 0 Å². The molecule has 698 valence electrons. The third-order valence-corrected chi connectivity index (χ3v) is 25.8. The summed E-state index contributed by atoms with van der Waals surface area (Å²) in [5.41, 5.74) is 14.0. The van der Waals surface area contributed by atoms with Crippen molar-refractivity contribution < 1.29 is 37.9 Å². The Balaban J connectivity index is 0.943. The van der Waals surface area contributed by atoms with Gasteiger partial charge in [-0.05, 0) is 293 Å². The van der Waals surface area contributed by atoms with Gasteiger partial charge < -0.3 is 47.9 Å². The number of unbranched alkanes of at least 4 members (excludes halogenated alkanes) is 16. The molecule has 3 aromatic heterocycles. The highest BCUT2D eigenvalue weighted by Gasteiger charge is 2.30. The van der Waals surface area contributed by atoms with Crippen LogP contribution in [0.3, 0.4) is 0 Å². The lowest BCUT2D eigenvalue weighted by atomic mass is 10.1. The SMILES string of the molecule is CCCCCc1ccc(Oc2cc3c(cc2Oc2ccc(CCCCC)cc2)-c2nc-3nc3[nH]c(nc4nc(nc5[nH]c(n2)c2cc(Oc6ccc(CCCCC)cc6)c(Oc6ccc(CCCCC)cc6)cc52)-c2cc(Oc5ccc(CCCCC)cc5)c(Oc5ccc(CCCCC)cc5)cc2-4)c2cc(Oc4ccc(CCCCC)cc4)c(Oc4ccc(CCCCC)cc4)cc32)cc1. The van der Waals surface area contributed by atoms with E-state index in [1.165, 1.54) is 44.5 Å². The number of benzene rings is 12. The van der Waals surface area contributed by atoms with Crippen molar-refractivity contribution in [2.24, 2.45) is 0 Å². The van der Waals surface area contributed by atoms with Crippen LogP contribution in [0.5, 0.6) is 92.0 Å². The normalized spacial score (nSPS) is 11.6. The average Bonchev–Trinajstić information content (AvgIpc) is 1.58. The number of nitrogens with one attached hydrogen (secondary N) is 2. The summed E-state index contributed by atoms with van der Waals surface area (Å²) >= 11 is 0. The van der Waals surface area contributed by atoms with Gasteiger partial charge in [-0.2, -0.15) is 0 Å². The largest absolute Gasteiger partial charge is 0.453 e. The van der Waals surface area contributed by atoms with Gasteiger partial charge in [0, 0.05) is 43.8 Å². The van der Waals surface area contributed by atoms with Gasteiger partial charge in [0.15, 0.2) is 69.3 Å². The molecule has 0 saturated heterocycles. The molecule has 5 heterocycles. The Labute approximate surface area is 802 Å². The highest BCUT2D eigenvalue weighted by Crippen LogP contribution is 2.51. The zero-order valence-corrected chi connectivity index (χ0v) is 80.7.